The molecule has 0 bridgehead atoms. The van der Waals surface area contributed by atoms with Gasteiger partial charge in [-0.15, -0.1) is 0 Å². The SMILES string of the molecule is CC(C)OCCN(C)CC(=O)c1ccc[nH]1. The van der Waals surface area contributed by atoms with E-state index in [1.807, 2.05) is 31.9 Å². The number of Topliss-reactive ketones (excluding diaryl/α,β-unsaturated/α-hetero) is 1. The molecule has 0 radical (unpaired) electrons. The maximum Gasteiger partial charge on any atom is 0.192 e. The lowest BCUT2D eigenvalue weighted by molar-refractivity contribution is 0.0619. The molecule has 1 N–H and O–H groups in total. The summed E-state index contributed by atoms with van der Waals surface area (Å²) in [5.74, 6) is 0.108. The Balaban J connectivity index is 2.24. The van der Waals surface area contributed by atoms with Gasteiger partial charge in [-0.2, -0.15) is 0 Å². The number of nitrogens with one attached hydrogen (secondary N) is 1. The lowest BCUT2D eigenvalue weighted by Gasteiger charge is -2.16. The summed E-state index contributed by atoms with van der Waals surface area (Å²) in [5, 5.41) is 0. The highest BCUT2D eigenvalue weighted by atomic mass is 16.5. The van der Waals surface area contributed by atoms with Crippen LogP contribution in [0.4, 0.5) is 0 Å². The fraction of sp³-hybridized carbons (Fsp3) is 0.583. The fourth-order valence-corrected chi connectivity index (χ4v) is 1.36. The van der Waals surface area contributed by atoms with Crippen molar-refractivity contribution >= 4 is 5.78 Å². The molecule has 0 unspecified atom stereocenters. The van der Waals surface area contributed by atoms with Crippen molar-refractivity contribution in [2.45, 2.75) is 20.0 Å². The van der Waals surface area contributed by atoms with Crippen LogP contribution in [0.15, 0.2) is 18.3 Å². The first-order valence-electron chi connectivity index (χ1n) is 5.56. The fourth-order valence-electron chi connectivity index (χ4n) is 1.36. The standard InChI is InChI=1S/C12H20N2O2/c1-10(2)16-8-7-14(3)9-12(15)11-5-4-6-13-11/h4-6,10,13H,7-9H2,1-3H3. The number of ether oxygens (including phenoxy) is 1. The molecule has 0 atom stereocenters. The number of aromatic nitrogens is 1. The average Bonchev–Trinajstić information content (AvgIpc) is 2.69. The minimum absolute atomic E-state index is 0.108. The Kier molecular flexibility index (Phi) is 5.22. The van der Waals surface area contributed by atoms with Crippen molar-refractivity contribution in [1.82, 2.24) is 9.88 Å². The zero-order chi connectivity index (χ0) is 12.0. The zero-order valence-electron chi connectivity index (χ0n) is 10.2. The van der Waals surface area contributed by atoms with E-state index in [-0.39, 0.29) is 11.9 Å². The normalized spacial score (nSPS) is 11.3. The maximum absolute atomic E-state index is 11.7. The summed E-state index contributed by atoms with van der Waals surface area (Å²) >= 11 is 0. The first-order chi connectivity index (χ1) is 7.59. The van der Waals surface area contributed by atoms with Gasteiger partial charge in [-0.1, -0.05) is 0 Å². The van der Waals surface area contributed by atoms with Crippen LogP contribution in [0.5, 0.6) is 0 Å². The van der Waals surface area contributed by atoms with Crippen molar-refractivity contribution in [3.63, 3.8) is 0 Å². The van der Waals surface area contributed by atoms with Crippen LogP contribution >= 0.6 is 0 Å². The third-order valence-electron chi connectivity index (χ3n) is 2.24. The minimum Gasteiger partial charge on any atom is -0.377 e. The number of nitrogens with zero attached hydrogens (tertiary/aromatic N) is 1. The second-order valence-corrected chi connectivity index (χ2v) is 4.16. The van der Waals surface area contributed by atoms with Crippen molar-refractivity contribution in [2.24, 2.45) is 0 Å². The largest absolute Gasteiger partial charge is 0.377 e. The molecule has 1 rings (SSSR count). The van der Waals surface area contributed by atoms with Crippen LogP contribution in [-0.4, -0.2) is 48.5 Å². The highest BCUT2D eigenvalue weighted by molar-refractivity contribution is 5.95. The van der Waals surface area contributed by atoms with Gasteiger partial charge in [0.15, 0.2) is 5.78 Å². The van der Waals surface area contributed by atoms with E-state index in [0.717, 1.165) is 6.54 Å². The summed E-state index contributed by atoms with van der Waals surface area (Å²) in [4.78, 5) is 16.6. The van der Waals surface area contributed by atoms with Crippen LogP contribution in [0, 0.1) is 0 Å². The van der Waals surface area contributed by atoms with Crippen LogP contribution in [0.1, 0.15) is 24.3 Å². The Morgan fingerprint density at radius 1 is 1.56 bits per heavy atom. The smallest absolute Gasteiger partial charge is 0.192 e. The van der Waals surface area contributed by atoms with Gasteiger partial charge < -0.3 is 9.72 Å². The van der Waals surface area contributed by atoms with Gasteiger partial charge in [-0.3, -0.25) is 9.69 Å². The van der Waals surface area contributed by atoms with Crippen molar-refractivity contribution < 1.29 is 9.53 Å². The summed E-state index contributed by atoms with van der Waals surface area (Å²) < 4.78 is 5.42. The summed E-state index contributed by atoms with van der Waals surface area (Å²) in [6, 6.07) is 3.62. The summed E-state index contributed by atoms with van der Waals surface area (Å²) in [6.45, 7) is 5.85. The van der Waals surface area contributed by atoms with Crippen molar-refractivity contribution in [3.8, 4) is 0 Å². The molecule has 0 aliphatic carbocycles. The molecular weight excluding hydrogens is 204 g/mol. The van der Waals surface area contributed by atoms with Crippen molar-refractivity contribution in [1.29, 1.82) is 0 Å². The van der Waals surface area contributed by atoms with E-state index < -0.39 is 0 Å². The van der Waals surface area contributed by atoms with Gasteiger partial charge in [-0.05, 0) is 33.0 Å². The van der Waals surface area contributed by atoms with Gasteiger partial charge in [0.2, 0.25) is 0 Å². The number of aromatic amines is 1. The molecule has 1 heterocycles. The van der Waals surface area contributed by atoms with Crippen molar-refractivity contribution in [2.75, 3.05) is 26.7 Å². The number of rotatable bonds is 7. The third kappa shape index (κ3) is 4.59. The number of likely N-dealkylation sites (N-methyl/N-ethyl adjacent to an activating group) is 1. The Bertz CT molecular complexity index is 307. The molecule has 90 valence electrons. The predicted octanol–water partition coefficient (Wildman–Crippen LogP) is 1.55. The Morgan fingerprint density at radius 3 is 2.88 bits per heavy atom. The molecule has 4 heteroatoms. The third-order valence-corrected chi connectivity index (χ3v) is 2.24. The number of carbonyl (C=O) groups excluding carboxylic acids is 1. The first-order valence-corrected chi connectivity index (χ1v) is 5.56. The molecule has 0 saturated heterocycles. The molecule has 4 nitrogen and oxygen atoms in total. The molecule has 0 aliphatic heterocycles. The number of carbonyl (C=O) groups is 1. The average molecular weight is 224 g/mol. The van der Waals surface area contributed by atoms with Crippen molar-refractivity contribution in [3.05, 3.63) is 24.0 Å². The molecule has 0 aliphatic rings. The zero-order valence-corrected chi connectivity index (χ0v) is 10.2. The van der Waals surface area contributed by atoms with Gasteiger partial charge >= 0.3 is 0 Å². The topological polar surface area (TPSA) is 45.3 Å². The Morgan fingerprint density at radius 2 is 2.31 bits per heavy atom. The van der Waals surface area contributed by atoms with E-state index in [4.69, 9.17) is 4.74 Å². The van der Waals surface area contributed by atoms with E-state index in [9.17, 15) is 4.79 Å². The molecule has 0 fully saturated rings. The summed E-state index contributed by atoms with van der Waals surface area (Å²) in [6.07, 6.45) is 2.00. The highest BCUT2D eigenvalue weighted by Gasteiger charge is 2.09. The van der Waals surface area contributed by atoms with Gasteiger partial charge in [0.1, 0.15) is 0 Å². The monoisotopic (exact) mass is 224 g/mol. The second kappa shape index (κ2) is 6.45. The van der Waals surface area contributed by atoms with Gasteiger partial charge in [0.05, 0.1) is 24.9 Å². The van der Waals surface area contributed by atoms with Crippen LogP contribution in [0.3, 0.4) is 0 Å². The molecule has 0 spiro atoms. The minimum atomic E-state index is 0.108. The number of H-pyrrole nitrogens is 1. The predicted molar refractivity (Wildman–Crippen MR) is 63.7 cm³/mol. The molecule has 1 aromatic heterocycles. The summed E-state index contributed by atoms with van der Waals surface area (Å²) in [7, 11) is 1.92. The molecule has 0 aromatic carbocycles. The van der Waals surface area contributed by atoms with Crippen LogP contribution in [-0.2, 0) is 4.74 Å². The summed E-state index contributed by atoms with van der Waals surface area (Å²) in [5.41, 5.74) is 0.664. The number of hydrogen-bond acceptors (Lipinski definition) is 3. The van der Waals surface area contributed by atoms with Crippen LogP contribution in [0.2, 0.25) is 0 Å². The van der Waals surface area contributed by atoms with E-state index in [1.165, 1.54) is 0 Å². The Hall–Kier alpha value is -1.13. The van der Waals surface area contributed by atoms with Crippen LogP contribution < -0.4 is 0 Å². The maximum atomic E-state index is 11.7. The Labute approximate surface area is 96.6 Å². The van der Waals surface area contributed by atoms with Gasteiger partial charge in [0, 0.05) is 12.7 Å². The second-order valence-electron chi connectivity index (χ2n) is 4.16. The van der Waals surface area contributed by atoms with Crippen LogP contribution in [0.25, 0.3) is 0 Å². The molecule has 0 saturated carbocycles. The van der Waals surface area contributed by atoms with E-state index in [1.54, 1.807) is 12.3 Å². The molecular formula is C12H20N2O2. The van der Waals surface area contributed by atoms with E-state index in [0.29, 0.717) is 18.8 Å². The first kappa shape index (κ1) is 12.9. The number of ketones is 1. The molecule has 16 heavy (non-hydrogen) atoms. The molecule has 1 aromatic rings. The van der Waals surface area contributed by atoms with E-state index >= 15 is 0 Å². The highest BCUT2D eigenvalue weighted by Crippen LogP contribution is 1.98. The number of hydrogen-bond donors (Lipinski definition) is 1. The molecule has 0 amide bonds. The quantitative estimate of drug-likeness (QED) is 0.715. The van der Waals surface area contributed by atoms with E-state index in [2.05, 4.69) is 4.98 Å². The lowest BCUT2D eigenvalue weighted by atomic mass is 10.3. The lowest BCUT2D eigenvalue weighted by Crippen LogP contribution is -2.30. The van der Waals surface area contributed by atoms with Gasteiger partial charge in [0.25, 0.3) is 0 Å². The van der Waals surface area contributed by atoms with Gasteiger partial charge in [-0.25, -0.2) is 0 Å².